The summed E-state index contributed by atoms with van der Waals surface area (Å²) in [6.07, 6.45) is 5.30. The van der Waals surface area contributed by atoms with Gasteiger partial charge in [-0.1, -0.05) is 24.6 Å². The first kappa shape index (κ1) is 15.8. The van der Waals surface area contributed by atoms with Crippen LogP contribution in [0, 0.1) is 0 Å². The third-order valence-corrected chi connectivity index (χ3v) is 3.86. The molecule has 1 fully saturated rings. The molecule has 1 aromatic carbocycles. The van der Waals surface area contributed by atoms with Crippen molar-refractivity contribution >= 4 is 5.97 Å². The van der Waals surface area contributed by atoms with Crippen molar-refractivity contribution in [1.82, 2.24) is 4.90 Å². The standard InChI is InChI=1S/C17H25NO3/c1-20-17(19)14-15-8-3-4-9-16(15)21-13-7-12-18-10-5-2-6-11-18/h3-4,8-9H,2,5-7,10-14H2,1H3. The zero-order valence-electron chi connectivity index (χ0n) is 12.8. The van der Waals surface area contributed by atoms with Crippen LogP contribution < -0.4 is 4.74 Å². The van der Waals surface area contributed by atoms with Crippen LogP contribution in [0.3, 0.4) is 0 Å². The molecule has 1 heterocycles. The molecule has 0 radical (unpaired) electrons. The largest absolute Gasteiger partial charge is 0.493 e. The minimum atomic E-state index is -0.237. The van der Waals surface area contributed by atoms with E-state index in [-0.39, 0.29) is 12.4 Å². The highest BCUT2D eigenvalue weighted by Gasteiger charge is 2.11. The molecule has 0 saturated carbocycles. The molecule has 0 bridgehead atoms. The lowest BCUT2D eigenvalue weighted by Gasteiger charge is -2.26. The molecule has 0 amide bonds. The van der Waals surface area contributed by atoms with Gasteiger partial charge in [-0.25, -0.2) is 0 Å². The van der Waals surface area contributed by atoms with Gasteiger partial charge in [0.25, 0.3) is 0 Å². The number of methoxy groups -OCH3 is 1. The van der Waals surface area contributed by atoms with E-state index < -0.39 is 0 Å². The normalized spacial score (nSPS) is 15.7. The third-order valence-electron chi connectivity index (χ3n) is 3.86. The number of hydrogen-bond acceptors (Lipinski definition) is 4. The lowest BCUT2D eigenvalue weighted by molar-refractivity contribution is -0.139. The Bertz CT molecular complexity index is 441. The highest BCUT2D eigenvalue weighted by Crippen LogP contribution is 2.19. The first-order valence-electron chi connectivity index (χ1n) is 7.79. The number of benzene rings is 1. The first-order chi connectivity index (χ1) is 10.3. The van der Waals surface area contributed by atoms with E-state index in [0.717, 1.165) is 24.3 Å². The quantitative estimate of drug-likeness (QED) is 0.572. The van der Waals surface area contributed by atoms with Crippen LogP contribution in [0.5, 0.6) is 5.75 Å². The van der Waals surface area contributed by atoms with E-state index in [0.29, 0.717) is 6.61 Å². The molecule has 0 aliphatic carbocycles. The predicted octanol–water partition coefficient (Wildman–Crippen LogP) is 2.66. The summed E-state index contributed by atoms with van der Waals surface area (Å²) in [4.78, 5) is 13.9. The summed E-state index contributed by atoms with van der Waals surface area (Å²) < 4.78 is 10.6. The van der Waals surface area contributed by atoms with Crippen LogP contribution in [0.25, 0.3) is 0 Å². The van der Waals surface area contributed by atoms with Crippen molar-refractivity contribution in [1.29, 1.82) is 0 Å². The number of carbonyl (C=O) groups excluding carboxylic acids is 1. The summed E-state index contributed by atoms with van der Waals surface area (Å²) in [5.41, 5.74) is 0.891. The number of carbonyl (C=O) groups is 1. The van der Waals surface area contributed by atoms with Crippen LogP contribution in [0.2, 0.25) is 0 Å². The predicted molar refractivity (Wildman–Crippen MR) is 82.6 cm³/mol. The highest BCUT2D eigenvalue weighted by molar-refractivity contribution is 5.73. The van der Waals surface area contributed by atoms with Crippen molar-refractivity contribution in [3.8, 4) is 5.75 Å². The lowest BCUT2D eigenvalue weighted by Crippen LogP contribution is -2.31. The molecule has 1 saturated heterocycles. The van der Waals surface area contributed by atoms with E-state index in [1.807, 2.05) is 24.3 Å². The molecular formula is C17H25NO3. The second-order valence-electron chi connectivity index (χ2n) is 5.46. The topological polar surface area (TPSA) is 38.8 Å². The van der Waals surface area contributed by atoms with E-state index in [4.69, 9.17) is 9.47 Å². The van der Waals surface area contributed by atoms with Crippen molar-refractivity contribution in [2.45, 2.75) is 32.1 Å². The molecule has 21 heavy (non-hydrogen) atoms. The Balaban J connectivity index is 1.75. The minimum absolute atomic E-state index is 0.237. The zero-order valence-corrected chi connectivity index (χ0v) is 12.8. The molecule has 1 aliphatic rings. The second-order valence-corrected chi connectivity index (χ2v) is 5.46. The van der Waals surface area contributed by atoms with Crippen LogP contribution in [0.15, 0.2) is 24.3 Å². The average Bonchev–Trinajstić information content (AvgIpc) is 2.54. The van der Waals surface area contributed by atoms with Crippen molar-refractivity contribution in [3.05, 3.63) is 29.8 Å². The van der Waals surface area contributed by atoms with Crippen molar-refractivity contribution in [3.63, 3.8) is 0 Å². The second kappa shape index (κ2) is 8.67. The number of rotatable bonds is 7. The molecule has 0 spiro atoms. The molecule has 2 rings (SSSR count). The van der Waals surface area contributed by atoms with Gasteiger partial charge in [-0.15, -0.1) is 0 Å². The number of nitrogens with zero attached hydrogens (tertiary/aromatic N) is 1. The summed E-state index contributed by atoms with van der Waals surface area (Å²) in [5, 5.41) is 0. The summed E-state index contributed by atoms with van der Waals surface area (Å²) in [5.74, 6) is 0.556. The maximum absolute atomic E-state index is 11.4. The van der Waals surface area contributed by atoms with E-state index in [2.05, 4.69) is 4.90 Å². The number of likely N-dealkylation sites (tertiary alicyclic amines) is 1. The van der Waals surface area contributed by atoms with Gasteiger partial charge in [-0.05, 0) is 38.4 Å². The van der Waals surface area contributed by atoms with Gasteiger partial charge in [0.1, 0.15) is 5.75 Å². The third kappa shape index (κ3) is 5.38. The molecule has 116 valence electrons. The summed E-state index contributed by atoms with van der Waals surface area (Å²) >= 11 is 0. The van der Waals surface area contributed by atoms with Gasteiger partial charge in [0.15, 0.2) is 0 Å². The van der Waals surface area contributed by atoms with Crippen molar-refractivity contribution < 1.29 is 14.3 Å². The average molecular weight is 291 g/mol. The monoisotopic (exact) mass is 291 g/mol. The molecule has 1 aliphatic heterocycles. The van der Waals surface area contributed by atoms with Crippen LogP contribution in [-0.2, 0) is 16.0 Å². The van der Waals surface area contributed by atoms with E-state index >= 15 is 0 Å². The Morgan fingerprint density at radius 2 is 1.95 bits per heavy atom. The van der Waals surface area contributed by atoms with Gasteiger partial charge < -0.3 is 14.4 Å². The summed E-state index contributed by atoms with van der Waals surface area (Å²) in [7, 11) is 1.41. The number of ether oxygens (including phenoxy) is 2. The zero-order chi connectivity index (χ0) is 14.9. The fourth-order valence-electron chi connectivity index (χ4n) is 2.67. The number of piperidine rings is 1. The van der Waals surface area contributed by atoms with E-state index in [9.17, 15) is 4.79 Å². The number of para-hydroxylation sites is 1. The van der Waals surface area contributed by atoms with Gasteiger partial charge in [0.05, 0.1) is 20.1 Å². The van der Waals surface area contributed by atoms with Crippen molar-refractivity contribution in [2.75, 3.05) is 33.4 Å². The Hall–Kier alpha value is -1.55. The van der Waals surface area contributed by atoms with Crippen LogP contribution in [-0.4, -0.2) is 44.2 Å². The molecular weight excluding hydrogens is 266 g/mol. The van der Waals surface area contributed by atoms with E-state index in [1.54, 1.807) is 0 Å². The fourth-order valence-corrected chi connectivity index (χ4v) is 2.67. The van der Waals surface area contributed by atoms with Gasteiger partial charge in [-0.3, -0.25) is 4.79 Å². The lowest BCUT2D eigenvalue weighted by atomic mass is 10.1. The van der Waals surface area contributed by atoms with Crippen LogP contribution >= 0.6 is 0 Å². The highest BCUT2D eigenvalue weighted by atomic mass is 16.5. The maximum atomic E-state index is 11.4. The van der Waals surface area contributed by atoms with Crippen LogP contribution in [0.4, 0.5) is 0 Å². The molecule has 0 aromatic heterocycles. The molecule has 1 aromatic rings. The van der Waals surface area contributed by atoms with Crippen molar-refractivity contribution in [2.24, 2.45) is 0 Å². The number of hydrogen-bond donors (Lipinski definition) is 0. The number of esters is 1. The smallest absolute Gasteiger partial charge is 0.310 e. The Labute approximate surface area is 127 Å². The Morgan fingerprint density at radius 1 is 1.19 bits per heavy atom. The molecule has 4 heteroatoms. The molecule has 0 N–H and O–H groups in total. The van der Waals surface area contributed by atoms with Gasteiger partial charge in [0.2, 0.25) is 0 Å². The summed E-state index contributed by atoms with van der Waals surface area (Å²) in [6, 6.07) is 7.68. The first-order valence-corrected chi connectivity index (χ1v) is 7.79. The SMILES string of the molecule is COC(=O)Cc1ccccc1OCCCN1CCCCC1. The molecule has 0 unspecified atom stereocenters. The Morgan fingerprint density at radius 3 is 2.71 bits per heavy atom. The van der Waals surface area contributed by atoms with Gasteiger partial charge in [-0.2, -0.15) is 0 Å². The van der Waals surface area contributed by atoms with Gasteiger partial charge in [0, 0.05) is 12.1 Å². The van der Waals surface area contributed by atoms with E-state index in [1.165, 1.54) is 39.5 Å². The minimum Gasteiger partial charge on any atom is -0.493 e. The van der Waals surface area contributed by atoms with Crippen LogP contribution in [0.1, 0.15) is 31.2 Å². The maximum Gasteiger partial charge on any atom is 0.310 e. The summed E-state index contributed by atoms with van der Waals surface area (Å²) in [6.45, 7) is 4.23. The Kier molecular flexibility index (Phi) is 6.54. The molecule has 0 atom stereocenters. The van der Waals surface area contributed by atoms with Gasteiger partial charge >= 0.3 is 5.97 Å². The fraction of sp³-hybridized carbons (Fsp3) is 0.588. The molecule has 4 nitrogen and oxygen atoms in total.